The van der Waals surface area contributed by atoms with Crippen LogP contribution in [-0.4, -0.2) is 30.3 Å². The van der Waals surface area contributed by atoms with Crippen LogP contribution in [0.2, 0.25) is 0 Å². The smallest absolute Gasteiger partial charge is 0.338 e. The molecule has 38 heavy (non-hydrogen) atoms. The number of hydrogen-bond acceptors (Lipinski definition) is 10. The van der Waals surface area contributed by atoms with E-state index in [9.17, 15) is 24.0 Å². The van der Waals surface area contributed by atoms with E-state index in [1.807, 2.05) is 0 Å². The Hall–Kier alpha value is -5.25. The van der Waals surface area contributed by atoms with Crippen molar-refractivity contribution in [2.45, 2.75) is 20.8 Å². The summed E-state index contributed by atoms with van der Waals surface area (Å²) in [5.74, 6) is -3.34. The Morgan fingerprint density at radius 1 is 0.658 bits per heavy atom. The average molecular weight is 520 g/mol. The monoisotopic (exact) mass is 520 g/mol. The minimum atomic E-state index is -0.883. The first-order valence-corrected chi connectivity index (χ1v) is 10.8. The number of esters is 4. The lowest BCUT2D eigenvalue weighted by atomic mass is 10.2. The number of benzene rings is 2. The van der Waals surface area contributed by atoms with Gasteiger partial charge in [-0.1, -0.05) is 19.7 Å². The first kappa shape index (κ1) is 29.0. The molecule has 10 nitrogen and oxygen atoms in total. The standard InChI is InChI=1S/C28H24O10/c1-16(2)26(31)35-20-8-9-23(24(14-20)38-28(33)18(5)6)37-25(30)10-7-19-11-21(34-15-29)13-22(12-19)36-27(32)17(3)4/h7-15H,1,3,5H2,2,4,6H3/b10-7+. The second-order valence-corrected chi connectivity index (χ2v) is 7.82. The van der Waals surface area contributed by atoms with Gasteiger partial charge in [0.1, 0.15) is 17.2 Å². The molecule has 0 aliphatic carbocycles. The number of carbonyl (C=O) groups excluding carboxylic acids is 5. The van der Waals surface area contributed by atoms with Crippen molar-refractivity contribution in [1.82, 2.24) is 0 Å². The third kappa shape index (κ3) is 8.76. The molecule has 0 aliphatic heterocycles. The van der Waals surface area contributed by atoms with E-state index in [1.54, 1.807) is 0 Å². The predicted octanol–water partition coefficient (Wildman–Crippen LogP) is 4.29. The highest BCUT2D eigenvalue weighted by molar-refractivity contribution is 5.92. The lowest BCUT2D eigenvalue weighted by molar-refractivity contribution is -0.132. The topological polar surface area (TPSA) is 132 Å². The van der Waals surface area contributed by atoms with E-state index in [0.29, 0.717) is 5.56 Å². The van der Waals surface area contributed by atoms with Crippen molar-refractivity contribution < 1.29 is 47.7 Å². The van der Waals surface area contributed by atoms with Crippen LogP contribution in [0.5, 0.6) is 28.7 Å². The average Bonchev–Trinajstić information content (AvgIpc) is 2.84. The van der Waals surface area contributed by atoms with Crippen LogP contribution in [0.4, 0.5) is 0 Å². The third-order valence-corrected chi connectivity index (χ3v) is 4.29. The summed E-state index contributed by atoms with van der Waals surface area (Å²) >= 11 is 0. The summed E-state index contributed by atoms with van der Waals surface area (Å²) in [7, 11) is 0. The van der Waals surface area contributed by atoms with Crippen molar-refractivity contribution in [1.29, 1.82) is 0 Å². The Balaban J connectivity index is 2.30. The molecule has 10 heteroatoms. The molecule has 0 N–H and O–H groups in total. The third-order valence-electron chi connectivity index (χ3n) is 4.29. The molecule has 0 aliphatic rings. The fraction of sp³-hybridized carbons (Fsp3) is 0.107. The fourth-order valence-electron chi connectivity index (χ4n) is 2.47. The Morgan fingerprint density at radius 3 is 1.79 bits per heavy atom. The van der Waals surface area contributed by atoms with Crippen molar-refractivity contribution in [2.24, 2.45) is 0 Å². The van der Waals surface area contributed by atoms with Crippen LogP contribution >= 0.6 is 0 Å². The maximum absolute atomic E-state index is 12.5. The Morgan fingerprint density at radius 2 is 1.21 bits per heavy atom. The van der Waals surface area contributed by atoms with Crippen molar-refractivity contribution in [2.75, 3.05) is 0 Å². The highest BCUT2D eigenvalue weighted by Crippen LogP contribution is 2.33. The van der Waals surface area contributed by atoms with E-state index >= 15 is 0 Å². The van der Waals surface area contributed by atoms with Crippen LogP contribution in [0.15, 0.2) is 78.9 Å². The number of hydrogen-bond donors (Lipinski definition) is 0. The lowest BCUT2D eigenvalue weighted by Gasteiger charge is -2.12. The van der Waals surface area contributed by atoms with Gasteiger partial charge in [-0.2, -0.15) is 0 Å². The molecule has 0 bridgehead atoms. The zero-order valence-electron chi connectivity index (χ0n) is 20.9. The largest absolute Gasteiger partial charge is 0.429 e. The normalized spacial score (nSPS) is 10.2. The second-order valence-electron chi connectivity index (χ2n) is 7.82. The molecule has 0 unspecified atom stereocenters. The van der Waals surface area contributed by atoms with E-state index in [4.69, 9.17) is 23.7 Å². The Bertz CT molecular complexity index is 1360. The van der Waals surface area contributed by atoms with Crippen molar-refractivity contribution in [3.05, 3.63) is 84.5 Å². The van der Waals surface area contributed by atoms with Gasteiger partial charge in [0, 0.05) is 34.9 Å². The van der Waals surface area contributed by atoms with Crippen LogP contribution < -0.4 is 23.7 Å². The molecule has 0 radical (unpaired) electrons. The van der Waals surface area contributed by atoms with Gasteiger partial charge in [0.05, 0.1) is 0 Å². The van der Waals surface area contributed by atoms with Crippen molar-refractivity contribution in [3.63, 3.8) is 0 Å². The van der Waals surface area contributed by atoms with Gasteiger partial charge in [-0.25, -0.2) is 19.2 Å². The molecular formula is C28H24O10. The number of carbonyl (C=O) groups is 5. The summed E-state index contributed by atoms with van der Waals surface area (Å²) in [5.41, 5.74) is 0.691. The zero-order chi connectivity index (χ0) is 28.4. The SMILES string of the molecule is C=C(C)C(=O)Oc1cc(/C=C/C(=O)Oc2ccc(OC(=O)C(=C)C)cc2OC(=O)C(=C)C)cc(OC=O)c1. The van der Waals surface area contributed by atoms with Gasteiger partial charge in [0.15, 0.2) is 11.5 Å². The molecule has 0 spiro atoms. The molecule has 2 aromatic carbocycles. The molecule has 196 valence electrons. The molecule has 0 amide bonds. The first-order chi connectivity index (χ1) is 17.9. The lowest BCUT2D eigenvalue weighted by Crippen LogP contribution is -2.12. The maximum atomic E-state index is 12.5. The maximum Gasteiger partial charge on any atom is 0.338 e. The summed E-state index contributed by atoms with van der Waals surface area (Å²) < 4.78 is 25.6. The van der Waals surface area contributed by atoms with Gasteiger partial charge >= 0.3 is 23.9 Å². The molecule has 2 rings (SSSR count). The van der Waals surface area contributed by atoms with Crippen LogP contribution in [0, 0.1) is 0 Å². The molecular weight excluding hydrogens is 496 g/mol. The zero-order valence-corrected chi connectivity index (χ0v) is 20.9. The molecule has 0 saturated carbocycles. The van der Waals surface area contributed by atoms with Gasteiger partial charge in [-0.3, -0.25) is 4.79 Å². The van der Waals surface area contributed by atoms with Gasteiger partial charge in [-0.15, -0.1) is 0 Å². The van der Waals surface area contributed by atoms with E-state index in [-0.39, 0.29) is 51.9 Å². The number of rotatable bonds is 11. The minimum absolute atomic E-state index is 0.0155. The molecule has 0 fully saturated rings. The van der Waals surface area contributed by atoms with Gasteiger partial charge in [-0.05, 0) is 56.7 Å². The van der Waals surface area contributed by atoms with Gasteiger partial charge in [0.2, 0.25) is 0 Å². The highest BCUT2D eigenvalue weighted by Gasteiger charge is 2.17. The van der Waals surface area contributed by atoms with Crippen molar-refractivity contribution >= 4 is 36.4 Å². The molecule has 2 aromatic rings. The van der Waals surface area contributed by atoms with Gasteiger partial charge in [0.25, 0.3) is 6.47 Å². The summed E-state index contributed by atoms with van der Waals surface area (Å²) in [4.78, 5) is 59.0. The fourth-order valence-corrected chi connectivity index (χ4v) is 2.47. The van der Waals surface area contributed by atoms with E-state index in [2.05, 4.69) is 19.7 Å². The molecule has 0 aromatic heterocycles. The summed E-state index contributed by atoms with van der Waals surface area (Å²) in [6, 6.07) is 7.90. The van der Waals surface area contributed by atoms with Crippen molar-refractivity contribution in [3.8, 4) is 28.7 Å². The molecule has 0 atom stereocenters. The summed E-state index contributed by atoms with van der Waals surface area (Å²) in [6.45, 7) is 15.0. The summed E-state index contributed by atoms with van der Waals surface area (Å²) in [5, 5.41) is 0. The van der Waals surface area contributed by atoms with Gasteiger partial charge < -0.3 is 23.7 Å². The van der Waals surface area contributed by atoms with Crippen LogP contribution in [0.1, 0.15) is 26.3 Å². The minimum Gasteiger partial charge on any atom is -0.429 e. The van der Waals surface area contributed by atoms with Crippen LogP contribution in [-0.2, 0) is 24.0 Å². The van der Waals surface area contributed by atoms with Crippen LogP contribution in [0.3, 0.4) is 0 Å². The van der Waals surface area contributed by atoms with E-state index < -0.39 is 23.9 Å². The molecule has 0 heterocycles. The predicted molar refractivity (Wildman–Crippen MR) is 136 cm³/mol. The summed E-state index contributed by atoms with van der Waals surface area (Å²) in [6.07, 6.45) is 2.34. The van der Waals surface area contributed by atoms with E-state index in [1.165, 1.54) is 63.2 Å². The van der Waals surface area contributed by atoms with Crippen LogP contribution in [0.25, 0.3) is 6.08 Å². The Labute approximate surface area is 218 Å². The molecule has 0 saturated heterocycles. The quantitative estimate of drug-likeness (QED) is 0.183. The van der Waals surface area contributed by atoms with E-state index in [0.717, 1.165) is 6.08 Å². The highest BCUT2D eigenvalue weighted by atomic mass is 16.6. The Kier molecular flexibility index (Phi) is 10.0. The number of ether oxygens (including phenoxy) is 5. The first-order valence-electron chi connectivity index (χ1n) is 10.8. The second kappa shape index (κ2) is 13.2.